The molecule has 2 aromatic rings. The van der Waals surface area contributed by atoms with Crippen LogP contribution in [0.4, 0.5) is 9.59 Å². The molecule has 1 aromatic carbocycles. The van der Waals surface area contributed by atoms with E-state index in [0.29, 0.717) is 10.0 Å². The van der Waals surface area contributed by atoms with E-state index in [9.17, 15) is 9.59 Å². The number of aromatic nitrogens is 1. The van der Waals surface area contributed by atoms with Crippen molar-refractivity contribution in [3.05, 3.63) is 45.1 Å². The number of halogens is 2. The van der Waals surface area contributed by atoms with Crippen LogP contribution in [0.5, 0.6) is 0 Å². The quantitative estimate of drug-likeness (QED) is 0.754. The lowest BCUT2D eigenvalue weighted by Crippen LogP contribution is -2.20. The van der Waals surface area contributed by atoms with Crippen molar-refractivity contribution in [1.29, 1.82) is 0 Å². The zero-order valence-electron chi connectivity index (χ0n) is 15.6. The van der Waals surface area contributed by atoms with Crippen LogP contribution in [0, 0.1) is 0 Å². The Bertz CT molecular complexity index is 911. The summed E-state index contributed by atoms with van der Waals surface area (Å²) < 4.78 is 12.8. The van der Waals surface area contributed by atoms with Crippen LogP contribution in [0.1, 0.15) is 23.2 Å². The monoisotopic (exact) mass is 425 g/mol. The average molecular weight is 426 g/mol. The van der Waals surface area contributed by atoms with E-state index in [1.165, 1.54) is 14.1 Å². The van der Waals surface area contributed by atoms with Crippen molar-refractivity contribution in [2.24, 2.45) is 0 Å². The summed E-state index contributed by atoms with van der Waals surface area (Å²) in [4.78, 5) is 23.3. The van der Waals surface area contributed by atoms with Gasteiger partial charge >= 0.3 is 12.2 Å². The van der Waals surface area contributed by atoms with Gasteiger partial charge in [0, 0.05) is 43.0 Å². The van der Waals surface area contributed by atoms with Gasteiger partial charge in [0.25, 0.3) is 0 Å². The van der Waals surface area contributed by atoms with Gasteiger partial charge in [0.05, 0.1) is 15.7 Å². The molecule has 0 radical (unpaired) electrons. The van der Waals surface area contributed by atoms with E-state index in [4.69, 9.17) is 32.7 Å². The van der Waals surface area contributed by atoms with Crippen molar-refractivity contribution < 1.29 is 19.1 Å². The third-order valence-electron chi connectivity index (χ3n) is 4.69. The summed E-state index contributed by atoms with van der Waals surface area (Å²) in [5.74, 6) is 0. The maximum atomic E-state index is 11.7. The number of rotatable bonds is 5. The summed E-state index contributed by atoms with van der Waals surface area (Å²) in [7, 11) is 3.00. The number of benzene rings is 1. The predicted octanol–water partition coefficient (Wildman–Crippen LogP) is 4.12. The maximum absolute atomic E-state index is 11.7. The second kappa shape index (κ2) is 8.75. The highest BCUT2D eigenvalue weighted by molar-refractivity contribution is 6.42. The van der Waals surface area contributed by atoms with Gasteiger partial charge in [-0.3, -0.25) is 0 Å². The molecular weight excluding hydrogens is 405 g/mol. The molecule has 2 amide bonds. The van der Waals surface area contributed by atoms with Crippen molar-refractivity contribution >= 4 is 35.4 Å². The highest BCUT2D eigenvalue weighted by Gasteiger charge is 2.28. The number of nitrogens with one attached hydrogen (secondary N) is 2. The number of fused-ring (bicyclic) bond motifs is 1. The largest absolute Gasteiger partial charge is 0.445 e. The second-order valence-corrected chi connectivity index (χ2v) is 7.10. The van der Waals surface area contributed by atoms with Gasteiger partial charge < -0.3 is 24.7 Å². The Morgan fingerprint density at radius 3 is 2.29 bits per heavy atom. The topological polar surface area (TPSA) is 81.6 Å². The first-order chi connectivity index (χ1) is 13.5. The molecule has 2 heterocycles. The molecule has 0 unspecified atom stereocenters. The second-order valence-electron chi connectivity index (χ2n) is 6.29. The molecule has 0 saturated carbocycles. The maximum Gasteiger partial charge on any atom is 0.407 e. The van der Waals surface area contributed by atoms with Gasteiger partial charge in [0.15, 0.2) is 0 Å². The predicted molar refractivity (Wildman–Crippen MR) is 107 cm³/mol. The highest BCUT2D eigenvalue weighted by atomic mass is 35.5. The van der Waals surface area contributed by atoms with Crippen molar-refractivity contribution in [2.45, 2.75) is 32.6 Å². The van der Waals surface area contributed by atoms with E-state index in [1.807, 2.05) is 6.07 Å². The van der Waals surface area contributed by atoms with Crippen LogP contribution in [0.2, 0.25) is 10.0 Å². The molecule has 2 N–H and O–H groups in total. The van der Waals surface area contributed by atoms with Crippen LogP contribution >= 0.6 is 23.2 Å². The first-order valence-corrected chi connectivity index (χ1v) is 9.59. The van der Waals surface area contributed by atoms with Gasteiger partial charge in [-0.2, -0.15) is 0 Å². The number of hydrogen-bond donors (Lipinski definition) is 2. The number of nitrogens with zero attached hydrogens (tertiary/aromatic N) is 1. The summed E-state index contributed by atoms with van der Waals surface area (Å²) in [5.41, 5.74) is 4.47. The van der Waals surface area contributed by atoms with Crippen LogP contribution in [-0.2, 0) is 35.7 Å². The summed E-state index contributed by atoms with van der Waals surface area (Å²) in [5, 5.41) is 5.78. The Labute approximate surface area is 172 Å². The molecule has 0 aliphatic carbocycles. The molecule has 9 heteroatoms. The Morgan fingerprint density at radius 2 is 1.68 bits per heavy atom. The third-order valence-corrected chi connectivity index (χ3v) is 5.43. The minimum Gasteiger partial charge on any atom is -0.445 e. The molecule has 7 nitrogen and oxygen atoms in total. The van der Waals surface area contributed by atoms with Gasteiger partial charge in [-0.15, -0.1) is 0 Å². The van der Waals surface area contributed by atoms with Gasteiger partial charge in [0.2, 0.25) is 0 Å². The average Bonchev–Trinajstić information content (AvgIpc) is 3.26. The SMILES string of the molecule is CNC(=O)OCc1c(COC(=O)NC)c(-c2ccc(Cl)c(Cl)c2)n2c1CCC2. The van der Waals surface area contributed by atoms with Gasteiger partial charge in [-0.1, -0.05) is 29.3 Å². The fraction of sp³-hybridized carbons (Fsp3) is 0.368. The van der Waals surface area contributed by atoms with Crippen LogP contribution in [-0.4, -0.2) is 30.8 Å². The van der Waals surface area contributed by atoms with Gasteiger partial charge in [-0.05, 0) is 25.0 Å². The lowest BCUT2D eigenvalue weighted by atomic mass is 10.0. The zero-order chi connectivity index (χ0) is 20.3. The molecule has 3 rings (SSSR count). The van der Waals surface area contributed by atoms with E-state index in [2.05, 4.69) is 15.2 Å². The Balaban J connectivity index is 2.09. The van der Waals surface area contributed by atoms with E-state index < -0.39 is 12.2 Å². The summed E-state index contributed by atoms with van der Waals surface area (Å²) in [6.45, 7) is 0.947. The zero-order valence-corrected chi connectivity index (χ0v) is 17.1. The van der Waals surface area contributed by atoms with Crippen molar-refractivity contribution in [3.63, 3.8) is 0 Å². The smallest absolute Gasteiger partial charge is 0.407 e. The Morgan fingerprint density at radius 1 is 1.04 bits per heavy atom. The normalized spacial score (nSPS) is 12.4. The van der Waals surface area contributed by atoms with E-state index >= 15 is 0 Å². The van der Waals surface area contributed by atoms with Crippen molar-refractivity contribution in [2.75, 3.05) is 14.1 Å². The van der Waals surface area contributed by atoms with Crippen molar-refractivity contribution in [1.82, 2.24) is 15.2 Å². The molecule has 150 valence electrons. The third kappa shape index (κ3) is 4.05. The fourth-order valence-corrected chi connectivity index (χ4v) is 3.73. The standard InChI is InChI=1S/C19H21Cl2N3O4/c1-22-18(25)27-9-12-13(10-28-19(26)23-2)17(24-7-3-4-16(12)24)11-5-6-14(20)15(21)8-11/h5-6,8H,3-4,7,9-10H2,1-2H3,(H,22,25)(H,23,26). The minimum atomic E-state index is -0.537. The number of alkyl carbamates (subject to hydrolysis) is 2. The Kier molecular flexibility index (Phi) is 6.36. The molecule has 0 saturated heterocycles. The van der Waals surface area contributed by atoms with Gasteiger partial charge in [-0.25, -0.2) is 9.59 Å². The summed E-state index contributed by atoms with van der Waals surface area (Å²) in [6.07, 6.45) is 0.769. The lowest BCUT2D eigenvalue weighted by Gasteiger charge is -2.12. The van der Waals surface area contributed by atoms with E-state index in [0.717, 1.165) is 47.5 Å². The molecule has 0 bridgehead atoms. The molecule has 1 aliphatic heterocycles. The van der Waals surface area contributed by atoms with E-state index in [-0.39, 0.29) is 13.2 Å². The highest BCUT2D eigenvalue weighted by Crippen LogP contribution is 2.38. The minimum absolute atomic E-state index is 0.0433. The molecular formula is C19H21Cl2N3O4. The van der Waals surface area contributed by atoms with Crippen LogP contribution < -0.4 is 10.6 Å². The van der Waals surface area contributed by atoms with Crippen LogP contribution in [0.15, 0.2) is 18.2 Å². The summed E-state index contributed by atoms with van der Waals surface area (Å²) in [6, 6.07) is 5.40. The molecule has 0 atom stereocenters. The molecule has 1 aliphatic rings. The number of hydrogen-bond acceptors (Lipinski definition) is 4. The summed E-state index contributed by atoms with van der Waals surface area (Å²) >= 11 is 12.3. The number of carbonyl (C=O) groups is 2. The van der Waals surface area contributed by atoms with E-state index in [1.54, 1.807) is 12.1 Å². The number of carbonyl (C=O) groups excluding carboxylic acids is 2. The molecule has 1 aromatic heterocycles. The first kappa shape index (κ1) is 20.4. The Hall–Kier alpha value is -2.38. The van der Waals surface area contributed by atoms with Crippen LogP contribution in [0.3, 0.4) is 0 Å². The molecule has 0 fully saturated rings. The number of amides is 2. The van der Waals surface area contributed by atoms with Crippen molar-refractivity contribution in [3.8, 4) is 11.3 Å². The first-order valence-electron chi connectivity index (χ1n) is 8.83. The molecule has 28 heavy (non-hydrogen) atoms. The fourth-order valence-electron chi connectivity index (χ4n) is 3.43. The van der Waals surface area contributed by atoms with Gasteiger partial charge in [0.1, 0.15) is 13.2 Å². The molecule has 0 spiro atoms. The van der Waals surface area contributed by atoms with Crippen LogP contribution in [0.25, 0.3) is 11.3 Å². The number of ether oxygens (including phenoxy) is 2. The lowest BCUT2D eigenvalue weighted by molar-refractivity contribution is 0.134.